The van der Waals surface area contributed by atoms with E-state index < -0.39 is 0 Å². The molecule has 0 atom stereocenters. The van der Waals surface area contributed by atoms with Crippen LogP contribution in [0.5, 0.6) is 5.75 Å². The SMILES string of the molecule is CCc1cc2c(=O)c(-c3nc4ccccc4s3)c(C)oc2c(CN2CCCC2)c1O. The van der Waals surface area contributed by atoms with Crippen molar-refractivity contribution in [2.45, 2.75) is 39.7 Å². The van der Waals surface area contributed by atoms with E-state index in [1.807, 2.05) is 38.1 Å². The summed E-state index contributed by atoms with van der Waals surface area (Å²) in [6.45, 7) is 6.41. The summed E-state index contributed by atoms with van der Waals surface area (Å²) in [5.74, 6) is 0.796. The zero-order valence-corrected chi connectivity index (χ0v) is 18.0. The minimum atomic E-state index is -0.0785. The number of hydrogen-bond acceptors (Lipinski definition) is 6. The highest BCUT2D eigenvalue weighted by molar-refractivity contribution is 7.21. The van der Waals surface area contributed by atoms with Gasteiger partial charge in [-0.2, -0.15) is 0 Å². The number of aryl methyl sites for hydroxylation is 2. The normalized spacial score (nSPS) is 14.9. The number of nitrogens with zero attached hydrogens (tertiary/aromatic N) is 2. The van der Waals surface area contributed by atoms with Crippen molar-refractivity contribution in [1.29, 1.82) is 0 Å². The van der Waals surface area contributed by atoms with Gasteiger partial charge < -0.3 is 9.52 Å². The van der Waals surface area contributed by atoms with Crippen LogP contribution in [-0.2, 0) is 13.0 Å². The lowest BCUT2D eigenvalue weighted by Gasteiger charge is -2.19. The molecule has 0 aliphatic carbocycles. The minimum absolute atomic E-state index is 0.0785. The Morgan fingerprint density at radius 1 is 1.23 bits per heavy atom. The van der Waals surface area contributed by atoms with Crippen molar-refractivity contribution in [3.8, 4) is 16.3 Å². The molecule has 1 saturated heterocycles. The average Bonchev–Trinajstić information content (AvgIpc) is 3.39. The Morgan fingerprint density at radius 3 is 2.73 bits per heavy atom. The highest BCUT2D eigenvalue weighted by atomic mass is 32.1. The summed E-state index contributed by atoms with van der Waals surface area (Å²) >= 11 is 1.50. The fraction of sp³-hybridized carbons (Fsp3) is 0.333. The second-order valence-electron chi connectivity index (χ2n) is 7.93. The molecule has 6 heteroatoms. The zero-order valence-electron chi connectivity index (χ0n) is 17.2. The van der Waals surface area contributed by atoms with E-state index in [9.17, 15) is 9.90 Å². The Morgan fingerprint density at radius 2 is 2.00 bits per heavy atom. The number of hydrogen-bond donors (Lipinski definition) is 1. The van der Waals surface area contributed by atoms with Gasteiger partial charge in [0.1, 0.15) is 22.1 Å². The maximum absolute atomic E-state index is 13.6. The molecule has 30 heavy (non-hydrogen) atoms. The van der Waals surface area contributed by atoms with E-state index in [0.717, 1.165) is 47.3 Å². The van der Waals surface area contributed by atoms with Gasteiger partial charge in [-0.25, -0.2) is 4.98 Å². The summed E-state index contributed by atoms with van der Waals surface area (Å²) in [5, 5.41) is 12.1. The summed E-state index contributed by atoms with van der Waals surface area (Å²) in [7, 11) is 0. The smallest absolute Gasteiger partial charge is 0.203 e. The van der Waals surface area contributed by atoms with E-state index >= 15 is 0 Å². The van der Waals surface area contributed by atoms with Crippen LogP contribution in [0.15, 0.2) is 39.5 Å². The third kappa shape index (κ3) is 3.11. The molecule has 0 spiro atoms. The molecular weight excluding hydrogens is 396 g/mol. The number of para-hydroxylation sites is 1. The Balaban J connectivity index is 1.75. The molecule has 0 bridgehead atoms. The van der Waals surface area contributed by atoms with Crippen LogP contribution in [-0.4, -0.2) is 28.1 Å². The molecule has 1 aliphatic heterocycles. The third-order valence-electron chi connectivity index (χ3n) is 5.98. The summed E-state index contributed by atoms with van der Waals surface area (Å²) < 4.78 is 7.27. The molecule has 2 aromatic heterocycles. The summed E-state index contributed by atoms with van der Waals surface area (Å²) in [6.07, 6.45) is 2.98. The van der Waals surface area contributed by atoms with Gasteiger partial charge in [-0.1, -0.05) is 19.1 Å². The van der Waals surface area contributed by atoms with Crippen molar-refractivity contribution in [3.05, 3.63) is 57.4 Å². The van der Waals surface area contributed by atoms with Gasteiger partial charge in [-0.05, 0) is 63.0 Å². The molecule has 0 amide bonds. The molecule has 1 N–H and O–H groups in total. The number of likely N-dealkylation sites (tertiary alicyclic amines) is 1. The van der Waals surface area contributed by atoms with Crippen molar-refractivity contribution in [3.63, 3.8) is 0 Å². The second-order valence-corrected chi connectivity index (χ2v) is 8.96. The zero-order chi connectivity index (χ0) is 20.8. The lowest BCUT2D eigenvalue weighted by atomic mass is 10.00. The molecule has 0 unspecified atom stereocenters. The van der Waals surface area contributed by atoms with Crippen LogP contribution < -0.4 is 5.43 Å². The van der Waals surface area contributed by atoms with Crippen LogP contribution >= 0.6 is 11.3 Å². The molecule has 1 aliphatic rings. The predicted molar refractivity (Wildman–Crippen MR) is 121 cm³/mol. The van der Waals surface area contributed by atoms with Crippen molar-refractivity contribution >= 4 is 32.5 Å². The molecule has 5 nitrogen and oxygen atoms in total. The molecule has 4 aromatic rings. The van der Waals surface area contributed by atoms with Crippen molar-refractivity contribution in [2.75, 3.05) is 13.1 Å². The van der Waals surface area contributed by atoms with Crippen LogP contribution in [0.4, 0.5) is 0 Å². The largest absolute Gasteiger partial charge is 0.507 e. The van der Waals surface area contributed by atoms with Crippen LogP contribution in [0.25, 0.3) is 31.8 Å². The fourth-order valence-electron chi connectivity index (χ4n) is 4.36. The van der Waals surface area contributed by atoms with Gasteiger partial charge in [0.15, 0.2) is 0 Å². The fourth-order valence-corrected chi connectivity index (χ4v) is 5.42. The van der Waals surface area contributed by atoms with E-state index in [4.69, 9.17) is 4.42 Å². The Labute approximate surface area is 178 Å². The second kappa shape index (κ2) is 7.52. The molecule has 3 heterocycles. The first-order valence-corrected chi connectivity index (χ1v) is 11.3. The van der Waals surface area contributed by atoms with Gasteiger partial charge in [0.25, 0.3) is 0 Å². The molecule has 0 saturated carbocycles. The van der Waals surface area contributed by atoms with Gasteiger partial charge in [0, 0.05) is 6.54 Å². The minimum Gasteiger partial charge on any atom is -0.507 e. The summed E-state index contributed by atoms with van der Waals surface area (Å²) in [5.41, 5.74) is 3.33. The lowest BCUT2D eigenvalue weighted by molar-refractivity contribution is 0.322. The predicted octanol–water partition coefficient (Wildman–Crippen LogP) is 5.24. The lowest BCUT2D eigenvalue weighted by Crippen LogP contribution is -2.19. The molecule has 0 radical (unpaired) electrons. The van der Waals surface area contributed by atoms with E-state index in [-0.39, 0.29) is 11.2 Å². The Hall–Kier alpha value is -2.70. The number of aromatic nitrogens is 1. The number of phenols is 1. The number of phenolic OH excluding ortho intramolecular Hbond substituents is 1. The molecule has 2 aromatic carbocycles. The van der Waals surface area contributed by atoms with E-state index in [2.05, 4.69) is 9.88 Å². The van der Waals surface area contributed by atoms with Gasteiger partial charge in [0.05, 0.1) is 26.7 Å². The first-order chi connectivity index (χ1) is 14.6. The van der Waals surface area contributed by atoms with E-state index in [0.29, 0.717) is 40.3 Å². The number of rotatable bonds is 4. The summed E-state index contributed by atoms with van der Waals surface area (Å²) in [4.78, 5) is 20.6. The monoisotopic (exact) mass is 420 g/mol. The number of aromatic hydroxyl groups is 1. The van der Waals surface area contributed by atoms with Crippen molar-refractivity contribution < 1.29 is 9.52 Å². The van der Waals surface area contributed by atoms with E-state index in [1.54, 1.807) is 6.07 Å². The van der Waals surface area contributed by atoms with Gasteiger partial charge in [0.2, 0.25) is 5.43 Å². The van der Waals surface area contributed by atoms with Crippen LogP contribution in [0.3, 0.4) is 0 Å². The van der Waals surface area contributed by atoms with Gasteiger partial charge in [-0.3, -0.25) is 9.69 Å². The molecule has 1 fully saturated rings. The highest BCUT2D eigenvalue weighted by Crippen LogP contribution is 2.36. The maximum Gasteiger partial charge on any atom is 0.203 e. The highest BCUT2D eigenvalue weighted by Gasteiger charge is 2.24. The first-order valence-electron chi connectivity index (χ1n) is 10.5. The van der Waals surface area contributed by atoms with Gasteiger partial charge >= 0.3 is 0 Å². The topological polar surface area (TPSA) is 66.6 Å². The number of fused-ring (bicyclic) bond motifs is 2. The number of benzene rings is 2. The Kier molecular flexibility index (Phi) is 4.83. The van der Waals surface area contributed by atoms with Crippen LogP contribution in [0.1, 0.15) is 36.7 Å². The van der Waals surface area contributed by atoms with Crippen LogP contribution in [0, 0.1) is 6.92 Å². The Bertz CT molecular complexity index is 1280. The molecule has 154 valence electrons. The summed E-state index contributed by atoms with van der Waals surface area (Å²) in [6, 6.07) is 9.67. The van der Waals surface area contributed by atoms with Crippen LogP contribution in [0.2, 0.25) is 0 Å². The number of thiazole rings is 1. The van der Waals surface area contributed by atoms with Gasteiger partial charge in [-0.15, -0.1) is 11.3 Å². The molecular formula is C24H24N2O3S. The van der Waals surface area contributed by atoms with Crippen molar-refractivity contribution in [2.24, 2.45) is 0 Å². The maximum atomic E-state index is 13.6. The quantitative estimate of drug-likeness (QED) is 0.489. The standard InChI is InChI=1S/C24H24N2O3S/c1-3-15-12-16-22(28)20(24-25-18-8-4-5-9-19(18)30-24)14(2)29-23(16)17(21(15)27)13-26-10-6-7-11-26/h4-5,8-9,12,27H,3,6-7,10-11,13H2,1-2H3. The van der Waals surface area contributed by atoms with E-state index in [1.165, 1.54) is 11.3 Å². The van der Waals surface area contributed by atoms with Crippen molar-refractivity contribution in [1.82, 2.24) is 9.88 Å². The first kappa shape index (κ1) is 19.3. The average molecular weight is 421 g/mol. The molecule has 5 rings (SSSR count). The third-order valence-corrected chi connectivity index (χ3v) is 7.03.